The number of carbonyl (C=O) groups is 1. The molecule has 114 valence electrons. The molecule has 0 saturated carbocycles. The van der Waals surface area contributed by atoms with Crippen molar-refractivity contribution in [1.82, 2.24) is 4.90 Å². The van der Waals surface area contributed by atoms with E-state index in [4.69, 9.17) is 0 Å². The molecule has 7 heteroatoms. The highest BCUT2D eigenvalue weighted by Gasteiger charge is 2.12. The van der Waals surface area contributed by atoms with Gasteiger partial charge in [0.2, 0.25) is 0 Å². The van der Waals surface area contributed by atoms with Gasteiger partial charge in [0.1, 0.15) is 0 Å². The van der Waals surface area contributed by atoms with Gasteiger partial charge in [0.05, 0.1) is 4.92 Å². The van der Waals surface area contributed by atoms with Gasteiger partial charge in [-0.2, -0.15) is 0 Å². The number of nitro benzene ring substituents is 1. The Labute approximate surface area is 136 Å². The van der Waals surface area contributed by atoms with Gasteiger partial charge < -0.3 is 10.2 Å². The van der Waals surface area contributed by atoms with Crippen molar-refractivity contribution in [2.45, 2.75) is 6.54 Å². The van der Waals surface area contributed by atoms with Gasteiger partial charge in [-0.25, -0.2) is 4.79 Å². The number of halogens is 1. The molecule has 6 nitrogen and oxygen atoms in total. The van der Waals surface area contributed by atoms with E-state index in [0.717, 1.165) is 4.47 Å². The molecule has 0 fully saturated rings. The first-order chi connectivity index (χ1) is 10.5. The predicted octanol–water partition coefficient (Wildman–Crippen LogP) is 4.02. The van der Waals surface area contributed by atoms with Crippen LogP contribution in [0.1, 0.15) is 5.56 Å². The van der Waals surface area contributed by atoms with Crippen molar-refractivity contribution >= 4 is 33.3 Å². The van der Waals surface area contributed by atoms with Crippen LogP contribution in [-0.4, -0.2) is 22.9 Å². The summed E-state index contributed by atoms with van der Waals surface area (Å²) in [6.45, 7) is 0.282. The summed E-state index contributed by atoms with van der Waals surface area (Å²) < 4.78 is 0.926. The molecule has 2 amide bonds. The van der Waals surface area contributed by atoms with Crippen LogP contribution in [0, 0.1) is 10.1 Å². The molecular formula is C15H14BrN3O3. The van der Waals surface area contributed by atoms with Crippen molar-refractivity contribution in [3.05, 3.63) is 68.7 Å². The smallest absolute Gasteiger partial charge is 0.321 e. The van der Waals surface area contributed by atoms with E-state index in [1.165, 1.54) is 17.0 Å². The number of nitrogens with zero attached hydrogens (tertiary/aromatic N) is 2. The summed E-state index contributed by atoms with van der Waals surface area (Å²) in [5.74, 6) is 0. The van der Waals surface area contributed by atoms with E-state index in [1.54, 1.807) is 31.3 Å². The molecule has 0 aliphatic rings. The fraction of sp³-hybridized carbons (Fsp3) is 0.133. The SMILES string of the molecule is CN(Cc1cccc([N+](=O)[O-])c1)C(=O)Nc1ccc(Br)cc1. The zero-order chi connectivity index (χ0) is 16.1. The van der Waals surface area contributed by atoms with E-state index < -0.39 is 4.92 Å². The molecule has 0 bridgehead atoms. The predicted molar refractivity (Wildman–Crippen MR) is 87.7 cm³/mol. The number of benzene rings is 2. The summed E-state index contributed by atoms with van der Waals surface area (Å²) in [5, 5.41) is 13.5. The number of carbonyl (C=O) groups excluding carboxylic acids is 1. The Bertz CT molecular complexity index is 689. The third-order valence-electron chi connectivity index (χ3n) is 2.98. The fourth-order valence-electron chi connectivity index (χ4n) is 1.87. The molecule has 0 aromatic heterocycles. The van der Waals surface area contributed by atoms with E-state index in [0.29, 0.717) is 11.3 Å². The topological polar surface area (TPSA) is 75.5 Å². The number of hydrogen-bond donors (Lipinski definition) is 1. The molecule has 0 aliphatic heterocycles. The maximum atomic E-state index is 12.1. The lowest BCUT2D eigenvalue weighted by Crippen LogP contribution is -2.30. The van der Waals surface area contributed by atoms with Gasteiger partial charge in [0.25, 0.3) is 5.69 Å². The van der Waals surface area contributed by atoms with Crippen LogP contribution in [0.25, 0.3) is 0 Å². The molecule has 2 aromatic carbocycles. The van der Waals surface area contributed by atoms with Gasteiger partial charge in [-0.3, -0.25) is 10.1 Å². The van der Waals surface area contributed by atoms with Crippen molar-refractivity contribution in [3.63, 3.8) is 0 Å². The molecule has 0 unspecified atom stereocenters. The average Bonchev–Trinajstić information content (AvgIpc) is 2.49. The van der Waals surface area contributed by atoms with Crippen LogP contribution < -0.4 is 5.32 Å². The van der Waals surface area contributed by atoms with Crippen molar-refractivity contribution in [2.75, 3.05) is 12.4 Å². The number of non-ortho nitro benzene ring substituents is 1. The Balaban J connectivity index is 2.00. The average molecular weight is 364 g/mol. The highest BCUT2D eigenvalue weighted by Crippen LogP contribution is 2.16. The van der Waals surface area contributed by atoms with Crippen molar-refractivity contribution < 1.29 is 9.72 Å². The molecule has 0 spiro atoms. The van der Waals surface area contributed by atoms with Crippen molar-refractivity contribution in [1.29, 1.82) is 0 Å². The van der Waals surface area contributed by atoms with Gasteiger partial charge >= 0.3 is 6.03 Å². The summed E-state index contributed by atoms with van der Waals surface area (Å²) in [5.41, 5.74) is 1.39. The maximum Gasteiger partial charge on any atom is 0.321 e. The number of hydrogen-bond acceptors (Lipinski definition) is 3. The van der Waals surface area contributed by atoms with E-state index in [9.17, 15) is 14.9 Å². The summed E-state index contributed by atoms with van der Waals surface area (Å²) in [7, 11) is 1.63. The van der Waals surface area contributed by atoms with Crippen LogP contribution in [0.4, 0.5) is 16.2 Å². The summed E-state index contributed by atoms with van der Waals surface area (Å²) >= 11 is 3.33. The zero-order valence-corrected chi connectivity index (χ0v) is 13.4. The highest BCUT2D eigenvalue weighted by molar-refractivity contribution is 9.10. The number of rotatable bonds is 4. The van der Waals surface area contributed by atoms with Crippen LogP contribution in [0.15, 0.2) is 53.0 Å². The molecule has 0 atom stereocenters. The second-order valence-corrected chi connectivity index (χ2v) is 5.64. The van der Waals surface area contributed by atoms with Gasteiger partial charge in [-0.05, 0) is 29.8 Å². The van der Waals surface area contributed by atoms with E-state index in [2.05, 4.69) is 21.2 Å². The quantitative estimate of drug-likeness (QED) is 0.658. The summed E-state index contributed by atoms with van der Waals surface area (Å²) in [6.07, 6.45) is 0. The van der Waals surface area contributed by atoms with E-state index in [-0.39, 0.29) is 18.3 Å². The van der Waals surface area contributed by atoms with Gasteiger partial charge in [-0.15, -0.1) is 0 Å². The molecule has 0 aliphatic carbocycles. The fourth-order valence-corrected chi connectivity index (χ4v) is 2.13. The van der Waals surface area contributed by atoms with Gasteiger partial charge in [-0.1, -0.05) is 28.1 Å². The number of urea groups is 1. The highest BCUT2D eigenvalue weighted by atomic mass is 79.9. The minimum Gasteiger partial charge on any atom is -0.323 e. The minimum absolute atomic E-state index is 0.0132. The summed E-state index contributed by atoms with van der Waals surface area (Å²) in [6, 6.07) is 13.2. The Hall–Kier alpha value is -2.41. The van der Waals surface area contributed by atoms with Crippen LogP contribution in [-0.2, 0) is 6.54 Å². The van der Waals surface area contributed by atoms with Crippen molar-refractivity contribution in [3.8, 4) is 0 Å². The molecular weight excluding hydrogens is 350 g/mol. The number of nitro groups is 1. The van der Waals surface area contributed by atoms with Crippen LogP contribution >= 0.6 is 15.9 Å². The second kappa shape index (κ2) is 7.04. The maximum absolute atomic E-state index is 12.1. The first-order valence-corrected chi connectivity index (χ1v) is 7.26. The molecule has 1 N–H and O–H groups in total. The second-order valence-electron chi connectivity index (χ2n) is 4.72. The monoisotopic (exact) mass is 363 g/mol. The normalized spacial score (nSPS) is 10.1. The molecule has 2 aromatic rings. The number of nitrogens with one attached hydrogen (secondary N) is 1. The Morgan fingerprint density at radius 2 is 1.95 bits per heavy atom. The first-order valence-electron chi connectivity index (χ1n) is 6.47. The van der Waals surface area contributed by atoms with Gasteiger partial charge in [0.15, 0.2) is 0 Å². The van der Waals surface area contributed by atoms with Crippen molar-refractivity contribution in [2.24, 2.45) is 0 Å². The zero-order valence-electron chi connectivity index (χ0n) is 11.8. The standard InChI is InChI=1S/C15H14BrN3O3/c1-18(10-11-3-2-4-14(9-11)19(21)22)15(20)17-13-7-5-12(16)6-8-13/h2-9H,10H2,1H3,(H,17,20). The molecule has 0 heterocycles. The summed E-state index contributed by atoms with van der Waals surface area (Å²) in [4.78, 5) is 23.8. The third kappa shape index (κ3) is 4.29. The Morgan fingerprint density at radius 1 is 1.27 bits per heavy atom. The number of anilines is 1. The van der Waals surface area contributed by atoms with E-state index >= 15 is 0 Å². The lowest BCUT2D eigenvalue weighted by Gasteiger charge is -2.18. The Morgan fingerprint density at radius 3 is 2.59 bits per heavy atom. The lowest BCUT2D eigenvalue weighted by atomic mass is 10.2. The minimum atomic E-state index is -0.453. The first kappa shape index (κ1) is 16.0. The molecule has 0 radical (unpaired) electrons. The van der Waals surface area contributed by atoms with E-state index in [1.807, 2.05) is 12.1 Å². The largest absolute Gasteiger partial charge is 0.323 e. The molecule has 0 saturated heterocycles. The van der Waals surface area contributed by atoms with Crippen LogP contribution in [0.3, 0.4) is 0 Å². The lowest BCUT2D eigenvalue weighted by molar-refractivity contribution is -0.384. The Kier molecular flexibility index (Phi) is 5.11. The van der Waals surface area contributed by atoms with Crippen LogP contribution in [0.5, 0.6) is 0 Å². The number of amides is 2. The molecule has 22 heavy (non-hydrogen) atoms. The third-order valence-corrected chi connectivity index (χ3v) is 3.51. The van der Waals surface area contributed by atoms with Crippen LogP contribution in [0.2, 0.25) is 0 Å². The molecule has 2 rings (SSSR count). The van der Waals surface area contributed by atoms with Gasteiger partial charge in [0, 0.05) is 35.9 Å².